The van der Waals surface area contributed by atoms with Crippen molar-refractivity contribution in [3.05, 3.63) is 23.9 Å². The summed E-state index contributed by atoms with van der Waals surface area (Å²) in [5, 5.41) is 13.8. The maximum absolute atomic E-state index is 11.9. The third-order valence-corrected chi connectivity index (χ3v) is 3.96. The molecule has 1 heterocycles. The summed E-state index contributed by atoms with van der Waals surface area (Å²) in [5.41, 5.74) is -0.312. The Morgan fingerprint density at radius 1 is 1.62 bits per heavy atom. The van der Waals surface area contributed by atoms with Gasteiger partial charge >= 0.3 is 5.97 Å². The number of carbonyl (C=O) groups excluding carboxylic acids is 1. The van der Waals surface area contributed by atoms with Crippen LogP contribution >= 0.6 is 0 Å². The monoisotopic (exact) mass is 292 g/mol. The van der Waals surface area contributed by atoms with Crippen molar-refractivity contribution in [2.24, 2.45) is 5.92 Å². The molecule has 2 N–H and O–H groups in total. The summed E-state index contributed by atoms with van der Waals surface area (Å²) in [6.07, 6.45) is 5.39. The van der Waals surface area contributed by atoms with Gasteiger partial charge in [0.2, 0.25) is 0 Å². The summed E-state index contributed by atoms with van der Waals surface area (Å²) in [4.78, 5) is 16.1. The summed E-state index contributed by atoms with van der Waals surface area (Å²) in [7, 11) is 0. The van der Waals surface area contributed by atoms with Crippen molar-refractivity contribution >= 4 is 11.8 Å². The zero-order chi connectivity index (χ0) is 15.3. The van der Waals surface area contributed by atoms with Crippen LogP contribution in [0, 0.1) is 5.92 Å². The van der Waals surface area contributed by atoms with Gasteiger partial charge in [0, 0.05) is 12.7 Å². The fourth-order valence-corrected chi connectivity index (χ4v) is 2.96. The SMILES string of the molecule is CCOC(=O)c1cccnc1NCC1(O)CCCC(C)C1. The van der Waals surface area contributed by atoms with Crippen molar-refractivity contribution in [1.82, 2.24) is 4.98 Å². The van der Waals surface area contributed by atoms with Gasteiger partial charge in [0.15, 0.2) is 0 Å². The maximum atomic E-state index is 11.9. The lowest BCUT2D eigenvalue weighted by Crippen LogP contribution is -2.41. The van der Waals surface area contributed by atoms with E-state index in [0.29, 0.717) is 30.5 Å². The zero-order valence-electron chi connectivity index (χ0n) is 12.8. The number of aliphatic hydroxyl groups is 1. The van der Waals surface area contributed by atoms with Gasteiger partial charge < -0.3 is 15.2 Å². The number of rotatable bonds is 5. The molecule has 2 unspecified atom stereocenters. The standard InChI is InChI=1S/C16H24N2O3/c1-3-21-15(19)13-7-5-9-17-14(13)18-11-16(20)8-4-6-12(2)10-16/h5,7,9,12,20H,3-4,6,8,10-11H2,1-2H3,(H,17,18). The molecule has 0 bridgehead atoms. The molecule has 1 fully saturated rings. The maximum Gasteiger partial charge on any atom is 0.341 e. The molecule has 0 saturated heterocycles. The Morgan fingerprint density at radius 3 is 3.14 bits per heavy atom. The number of carbonyl (C=O) groups is 1. The van der Waals surface area contributed by atoms with Crippen LogP contribution in [0.1, 0.15) is 49.9 Å². The lowest BCUT2D eigenvalue weighted by Gasteiger charge is -2.35. The summed E-state index contributed by atoms with van der Waals surface area (Å²) in [6.45, 7) is 4.66. The molecule has 1 aliphatic rings. The van der Waals surface area contributed by atoms with Crippen LogP contribution in [-0.2, 0) is 4.74 Å². The molecule has 1 aromatic rings. The van der Waals surface area contributed by atoms with Crippen molar-refractivity contribution in [2.75, 3.05) is 18.5 Å². The van der Waals surface area contributed by atoms with Crippen molar-refractivity contribution in [2.45, 2.75) is 45.1 Å². The molecule has 0 aromatic carbocycles. The number of nitrogens with one attached hydrogen (secondary N) is 1. The average Bonchev–Trinajstić information content (AvgIpc) is 2.45. The van der Waals surface area contributed by atoms with Crippen molar-refractivity contribution in [3.8, 4) is 0 Å². The highest BCUT2D eigenvalue weighted by Gasteiger charge is 2.32. The second-order valence-corrected chi connectivity index (χ2v) is 5.90. The smallest absolute Gasteiger partial charge is 0.341 e. The minimum atomic E-state index is -0.721. The highest BCUT2D eigenvalue weighted by molar-refractivity contribution is 5.94. The van der Waals surface area contributed by atoms with Crippen molar-refractivity contribution in [3.63, 3.8) is 0 Å². The number of pyridine rings is 1. The van der Waals surface area contributed by atoms with Gasteiger partial charge in [-0.15, -0.1) is 0 Å². The molecular weight excluding hydrogens is 268 g/mol. The number of hydrogen-bond acceptors (Lipinski definition) is 5. The molecule has 0 amide bonds. The van der Waals surface area contributed by atoms with E-state index in [1.165, 1.54) is 6.42 Å². The van der Waals surface area contributed by atoms with Crippen LogP contribution in [0.15, 0.2) is 18.3 Å². The van der Waals surface area contributed by atoms with Gasteiger partial charge in [-0.25, -0.2) is 9.78 Å². The van der Waals surface area contributed by atoms with Crippen LogP contribution in [0.25, 0.3) is 0 Å². The van der Waals surface area contributed by atoms with Crippen LogP contribution in [0.4, 0.5) is 5.82 Å². The third kappa shape index (κ3) is 4.17. The van der Waals surface area contributed by atoms with Crippen LogP contribution in [0.2, 0.25) is 0 Å². The van der Waals surface area contributed by atoms with E-state index in [0.717, 1.165) is 19.3 Å². The van der Waals surface area contributed by atoms with Gasteiger partial charge in [-0.1, -0.05) is 19.8 Å². The van der Waals surface area contributed by atoms with Gasteiger partial charge in [0.1, 0.15) is 11.4 Å². The molecule has 1 aliphatic carbocycles. The Labute approximate surface area is 125 Å². The van der Waals surface area contributed by atoms with E-state index < -0.39 is 11.6 Å². The van der Waals surface area contributed by atoms with Crippen molar-refractivity contribution in [1.29, 1.82) is 0 Å². The van der Waals surface area contributed by atoms with Crippen LogP contribution in [0.3, 0.4) is 0 Å². The number of ether oxygens (including phenoxy) is 1. The Bertz CT molecular complexity index is 492. The number of esters is 1. The first-order chi connectivity index (χ1) is 10.0. The molecule has 0 aliphatic heterocycles. The van der Waals surface area contributed by atoms with Gasteiger partial charge in [-0.2, -0.15) is 0 Å². The molecule has 5 nitrogen and oxygen atoms in total. The Balaban J connectivity index is 2.04. The van der Waals surface area contributed by atoms with E-state index in [4.69, 9.17) is 4.74 Å². The molecular formula is C16H24N2O3. The fraction of sp³-hybridized carbons (Fsp3) is 0.625. The van der Waals surface area contributed by atoms with Crippen LogP contribution in [-0.4, -0.2) is 34.8 Å². The topological polar surface area (TPSA) is 71.5 Å². The minimum absolute atomic E-state index is 0.328. The normalized spacial score (nSPS) is 25.4. The predicted octanol–water partition coefficient (Wildman–Crippen LogP) is 2.61. The largest absolute Gasteiger partial charge is 0.462 e. The van der Waals surface area contributed by atoms with Gasteiger partial charge in [-0.3, -0.25) is 0 Å². The number of nitrogens with zero attached hydrogens (tertiary/aromatic N) is 1. The first kappa shape index (κ1) is 15.8. The lowest BCUT2D eigenvalue weighted by atomic mass is 9.79. The predicted molar refractivity (Wildman–Crippen MR) is 81.3 cm³/mol. The molecule has 21 heavy (non-hydrogen) atoms. The summed E-state index contributed by atoms with van der Waals surface area (Å²) >= 11 is 0. The Hall–Kier alpha value is -1.62. The van der Waals surface area contributed by atoms with E-state index in [1.807, 2.05) is 0 Å². The molecule has 116 valence electrons. The first-order valence-electron chi connectivity index (χ1n) is 7.62. The second kappa shape index (κ2) is 6.89. The Morgan fingerprint density at radius 2 is 2.43 bits per heavy atom. The molecule has 1 aromatic heterocycles. The summed E-state index contributed by atoms with van der Waals surface area (Å²) in [6, 6.07) is 3.38. The summed E-state index contributed by atoms with van der Waals surface area (Å²) < 4.78 is 5.02. The van der Waals surface area contributed by atoms with E-state index >= 15 is 0 Å². The van der Waals surface area contributed by atoms with Gasteiger partial charge in [0.05, 0.1) is 12.2 Å². The van der Waals surface area contributed by atoms with Crippen molar-refractivity contribution < 1.29 is 14.6 Å². The highest BCUT2D eigenvalue weighted by Crippen LogP contribution is 2.32. The molecule has 5 heteroatoms. The number of aromatic nitrogens is 1. The number of anilines is 1. The van der Waals surface area contributed by atoms with Crippen LogP contribution < -0.4 is 5.32 Å². The Kier molecular flexibility index (Phi) is 5.17. The minimum Gasteiger partial charge on any atom is -0.462 e. The van der Waals surface area contributed by atoms with E-state index in [-0.39, 0.29) is 0 Å². The molecule has 0 radical (unpaired) electrons. The van der Waals surface area contributed by atoms with Gasteiger partial charge in [-0.05, 0) is 37.8 Å². The molecule has 2 rings (SSSR count). The van der Waals surface area contributed by atoms with E-state index in [2.05, 4.69) is 17.2 Å². The quantitative estimate of drug-likeness (QED) is 0.816. The van der Waals surface area contributed by atoms with E-state index in [1.54, 1.807) is 25.3 Å². The zero-order valence-corrected chi connectivity index (χ0v) is 12.8. The van der Waals surface area contributed by atoms with Crippen LogP contribution in [0.5, 0.6) is 0 Å². The molecule has 2 atom stereocenters. The molecule has 0 spiro atoms. The average molecular weight is 292 g/mol. The first-order valence-corrected chi connectivity index (χ1v) is 7.62. The molecule has 1 saturated carbocycles. The van der Waals surface area contributed by atoms with E-state index in [9.17, 15) is 9.90 Å². The van der Waals surface area contributed by atoms with Gasteiger partial charge in [0.25, 0.3) is 0 Å². The third-order valence-electron chi connectivity index (χ3n) is 3.96. The number of hydrogen-bond donors (Lipinski definition) is 2. The lowest BCUT2D eigenvalue weighted by molar-refractivity contribution is -0.000891. The second-order valence-electron chi connectivity index (χ2n) is 5.90. The fourth-order valence-electron chi connectivity index (χ4n) is 2.96. The summed E-state index contributed by atoms with van der Waals surface area (Å²) in [5.74, 6) is 0.610. The highest BCUT2D eigenvalue weighted by atomic mass is 16.5.